The Morgan fingerprint density at radius 3 is 1.73 bits per heavy atom. The molecule has 0 aromatic carbocycles. The minimum atomic E-state index is -1.02. The van der Waals surface area contributed by atoms with Crippen LogP contribution in [0, 0.1) is 0 Å². The van der Waals surface area contributed by atoms with Crippen molar-refractivity contribution in [2.45, 2.75) is 174 Å². The highest BCUT2D eigenvalue weighted by molar-refractivity contribution is 5.83. The van der Waals surface area contributed by atoms with Gasteiger partial charge in [0.05, 0.1) is 0 Å². The van der Waals surface area contributed by atoms with Gasteiger partial charge in [-0.2, -0.15) is 0 Å². The molecule has 1 amide bonds. The van der Waals surface area contributed by atoms with E-state index in [2.05, 4.69) is 79.9 Å². The molecule has 0 saturated carbocycles. The van der Waals surface area contributed by atoms with E-state index in [1.807, 2.05) is 0 Å². The van der Waals surface area contributed by atoms with Gasteiger partial charge in [0.15, 0.2) is 0 Å². The Balaban J connectivity index is 4.00. The van der Waals surface area contributed by atoms with Crippen LogP contribution in [0.5, 0.6) is 0 Å². The van der Waals surface area contributed by atoms with Crippen LogP contribution < -0.4 is 11.1 Å². The second kappa shape index (κ2) is 35.4. The largest absolute Gasteiger partial charge is 0.480 e. The highest BCUT2D eigenvalue weighted by Crippen LogP contribution is 2.17. The van der Waals surface area contributed by atoms with E-state index in [9.17, 15) is 19.5 Å². The number of aliphatic carboxylic acids is 1. The molecular weight excluding hydrogens is 600 g/mol. The Morgan fingerprint density at radius 2 is 1.15 bits per heavy atom. The molecule has 7 heteroatoms. The number of amides is 1. The minimum absolute atomic E-state index is 0.0611. The molecule has 48 heavy (non-hydrogen) atoms. The maximum absolute atomic E-state index is 12.5. The molecule has 2 unspecified atom stereocenters. The lowest BCUT2D eigenvalue weighted by atomic mass is 10.0. The summed E-state index contributed by atoms with van der Waals surface area (Å²) >= 11 is 0. The van der Waals surface area contributed by atoms with Gasteiger partial charge >= 0.3 is 11.9 Å². The average molecular weight is 671 g/mol. The molecular formula is C41H70N2O5. The van der Waals surface area contributed by atoms with Crippen LogP contribution in [0.1, 0.15) is 162 Å². The van der Waals surface area contributed by atoms with Crippen LogP contribution in [0.25, 0.3) is 0 Å². The van der Waals surface area contributed by atoms with E-state index < -0.39 is 12.0 Å². The van der Waals surface area contributed by atoms with Gasteiger partial charge in [-0.25, -0.2) is 4.79 Å². The van der Waals surface area contributed by atoms with E-state index in [4.69, 9.17) is 10.5 Å². The number of unbranched alkanes of at least 4 members (excludes halogenated alkanes) is 9. The standard InChI is InChI=1S/C41H70N2O5/c1-3-5-7-8-9-10-11-12-13-14-15-16-17-18-19-20-21-22-23-24-29-35-40(45)48-37(31-26-6-4-2)32-27-25-28-34-39(44)43-38(41(46)47)33-30-36-42/h5,7,9-10,12-13,15-16,18-19,37-38H,3-4,6,8,11,14,17,20-36,42H2,1-2H3,(H,43,44)(H,46,47)/b7-5-,10-9-,13-12-,16-15-,19-18-. The third-order valence-electron chi connectivity index (χ3n) is 8.10. The number of carbonyl (C=O) groups is 3. The molecule has 0 aromatic rings. The predicted molar refractivity (Wildman–Crippen MR) is 202 cm³/mol. The maximum Gasteiger partial charge on any atom is 0.326 e. The fourth-order valence-electron chi connectivity index (χ4n) is 5.24. The van der Waals surface area contributed by atoms with Crippen LogP contribution in [0.15, 0.2) is 60.8 Å². The Hall–Kier alpha value is -2.93. The molecule has 0 aliphatic heterocycles. The van der Waals surface area contributed by atoms with Crippen molar-refractivity contribution >= 4 is 17.8 Å². The smallest absolute Gasteiger partial charge is 0.326 e. The monoisotopic (exact) mass is 671 g/mol. The lowest BCUT2D eigenvalue weighted by Crippen LogP contribution is -2.40. The van der Waals surface area contributed by atoms with Gasteiger partial charge in [0, 0.05) is 12.8 Å². The first-order chi connectivity index (χ1) is 23.4. The second-order valence-electron chi connectivity index (χ2n) is 12.6. The van der Waals surface area contributed by atoms with Crippen molar-refractivity contribution in [3.8, 4) is 0 Å². The maximum atomic E-state index is 12.5. The summed E-state index contributed by atoms with van der Waals surface area (Å²) in [5, 5.41) is 11.9. The van der Waals surface area contributed by atoms with Gasteiger partial charge in [0.25, 0.3) is 0 Å². The van der Waals surface area contributed by atoms with E-state index in [1.165, 1.54) is 12.8 Å². The third-order valence-corrected chi connectivity index (χ3v) is 8.10. The zero-order valence-electron chi connectivity index (χ0n) is 30.6. The van der Waals surface area contributed by atoms with Crippen molar-refractivity contribution in [2.24, 2.45) is 5.73 Å². The summed E-state index contributed by atoms with van der Waals surface area (Å²) in [7, 11) is 0. The lowest BCUT2D eigenvalue weighted by Gasteiger charge is -2.18. The van der Waals surface area contributed by atoms with Crippen molar-refractivity contribution in [1.29, 1.82) is 0 Å². The van der Waals surface area contributed by atoms with Crippen LogP contribution in [-0.2, 0) is 19.1 Å². The van der Waals surface area contributed by atoms with E-state index in [0.29, 0.717) is 38.6 Å². The molecule has 0 saturated heterocycles. The number of nitrogens with two attached hydrogens (primary N) is 1. The summed E-state index contributed by atoms with van der Waals surface area (Å²) in [4.78, 5) is 36.0. The van der Waals surface area contributed by atoms with Gasteiger partial charge < -0.3 is 20.9 Å². The van der Waals surface area contributed by atoms with Gasteiger partial charge in [-0.1, -0.05) is 113 Å². The quantitative estimate of drug-likeness (QED) is 0.0363. The van der Waals surface area contributed by atoms with Gasteiger partial charge in [-0.05, 0) is 103 Å². The number of nitrogens with one attached hydrogen (secondary N) is 1. The topological polar surface area (TPSA) is 119 Å². The first kappa shape index (κ1) is 45.1. The number of allylic oxidation sites excluding steroid dienone is 10. The molecule has 2 atom stereocenters. The van der Waals surface area contributed by atoms with Crippen molar-refractivity contribution in [2.75, 3.05) is 6.54 Å². The molecule has 0 spiro atoms. The van der Waals surface area contributed by atoms with Gasteiger partial charge in [-0.3, -0.25) is 9.59 Å². The molecule has 274 valence electrons. The SMILES string of the molecule is CC/C=C\C/C=C\C/C=C\C/C=C\C/C=C\CCCCCCCC(=O)OC(CCCCC)CCCCCC(=O)NC(CCCN)C(=O)O. The summed E-state index contributed by atoms with van der Waals surface area (Å²) in [5.41, 5.74) is 5.46. The Labute approximate surface area is 293 Å². The molecule has 0 bridgehead atoms. The van der Waals surface area contributed by atoms with E-state index >= 15 is 0 Å². The zero-order chi connectivity index (χ0) is 35.3. The molecule has 0 fully saturated rings. The molecule has 7 nitrogen and oxygen atoms in total. The summed E-state index contributed by atoms with van der Waals surface area (Å²) in [6.45, 7) is 4.72. The number of ether oxygens (including phenoxy) is 1. The van der Waals surface area contributed by atoms with E-state index in [1.54, 1.807) is 0 Å². The Bertz CT molecular complexity index is 937. The van der Waals surface area contributed by atoms with Crippen molar-refractivity contribution in [3.05, 3.63) is 60.8 Å². The summed E-state index contributed by atoms with van der Waals surface area (Å²) in [5.74, 6) is -1.35. The Morgan fingerprint density at radius 1 is 0.625 bits per heavy atom. The highest BCUT2D eigenvalue weighted by atomic mass is 16.5. The molecule has 0 rings (SSSR count). The molecule has 0 radical (unpaired) electrons. The van der Waals surface area contributed by atoms with Crippen molar-refractivity contribution in [1.82, 2.24) is 5.32 Å². The summed E-state index contributed by atoms with van der Waals surface area (Å²) < 4.78 is 5.87. The van der Waals surface area contributed by atoms with Crippen LogP contribution >= 0.6 is 0 Å². The fraction of sp³-hybridized carbons (Fsp3) is 0.683. The van der Waals surface area contributed by atoms with Crippen LogP contribution in [0.4, 0.5) is 0 Å². The molecule has 0 heterocycles. The molecule has 0 aliphatic rings. The molecule has 0 aromatic heterocycles. The number of carboxylic acid groups (broad SMARTS) is 1. The van der Waals surface area contributed by atoms with Gasteiger partial charge in [-0.15, -0.1) is 0 Å². The number of carboxylic acids is 1. The van der Waals surface area contributed by atoms with Crippen LogP contribution in [-0.4, -0.2) is 41.6 Å². The summed E-state index contributed by atoms with van der Waals surface area (Å²) in [6.07, 6.45) is 43.0. The first-order valence-corrected chi connectivity index (χ1v) is 19.1. The lowest BCUT2D eigenvalue weighted by molar-refractivity contribution is -0.150. The average Bonchev–Trinajstić information content (AvgIpc) is 3.07. The normalized spacial score (nSPS) is 13.4. The van der Waals surface area contributed by atoms with Crippen molar-refractivity contribution < 1.29 is 24.2 Å². The number of rotatable bonds is 33. The molecule has 0 aliphatic carbocycles. The Kier molecular flexibility index (Phi) is 33.2. The summed E-state index contributed by atoms with van der Waals surface area (Å²) in [6, 6.07) is -0.877. The number of hydrogen-bond acceptors (Lipinski definition) is 5. The zero-order valence-corrected chi connectivity index (χ0v) is 30.6. The van der Waals surface area contributed by atoms with E-state index in [0.717, 1.165) is 103 Å². The number of hydrogen-bond donors (Lipinski definition) is 3. The molecule has 4 N–H and O–H groups in total. The fourth-order valence-corrected chi connectivity index (χ4v) is 5.24. The van der Waals surface area contributed by atoms with Gasteiger partial charge in [0.1, 0.15) is 12.1 Å². The predicted octanol–water partition coefficient (Wildman–Crippen LogP) is 10.2. The first-order valence-electron chi connectivity index (χ1n) is 19.1. The number of esters is 1. The second-order valence-corrected chi connectivity index (χ2v) is 12.6. The third kappa shape index (κ3) is 31.7. The van der Waals surface area contributed by atoms with Crippen LogP contribution in [0.3, 0.4) is 0 Å². The van der Waals surface area contributed by atoms with Gasteiger partial charge in [0.2, 0.25) is 5.91 Å². The highest BCUT2D eigenvalue weighted by Gasteiger charge is 2.19. The van der Waals surface area contributed by atoms with E-state index in [-0.39, 0.29) is 18.0 Å². The minimum Gasteiger partial charge on any atom is -0.480 e. The van der Waals surface area contributed by atoms with Crippen molar-refractivity contribution in [3.63, 3.8) is 0 Å². The van der Waals surface area contributed by atoms with Crippen LogP contribution in [0.2, 0.25) is 0 Å². The number of carbonyl (C=O) groups excluding carboxylic acids is 2.